The molecule has 15 heavy (non-hydrogen) atoms. The zero-order valence-electron chi connectivity index (χ0n) is 9.08. The second-order valence-corrected chi connectivity index (χ2v) is 6.45. The highest BCUT2D eigenvalue weighted by Gasteiger charge is 2.37. The standard InChI is InChI=1S/C8H17O5PS/c1-6-4-7(8(12-6)5-10-2)13-14(9,15)11-3/h6-8H,4-5H2,1-3H3,(H,9,15)/t6-,7?,8+,14?/m0/s1. The summed E-state index contributed by atoms with van der Waals surface area (Å²) in [6.45, 7) is -0.909. The molecule has 4 atom stereocenters. The van der Waals surface area contributed by atoms with Gasteiger partial charge in [-0.05, 0) is 6.92 Å². The summed E-state index contributed by atoms with van der Waals surface area (Å²) in [6.07, 6.45) is 0.242. The Bertz CT molecular complexity index is 249. The van der Waals surface area contributed by atoms with E-state index in [-0.39, 0.29) is 18.3 Å². The summed E-state index contributed by atoms with van der Waals surface area (Å²) in [4.78, 5) is 0. The van der Waals surface area contributed by atoms with Gasteiger partial charge in [0.25, 0.3) is 0 Å². The molecule has 90 valence electrons. The van der Waals surface area contributed by atoms with Crippen LogP contribution in [0, 0.1) is 0 Å². The molecule has 0 radical (unpaired) electrons. The predicted octanol–water partition coefficient (Wildman–Crippen LogP) is 1.88. The van der Waals surface area contributed by atoms with Crippen LogP contribution in [0.1, 0.15) is 13.3 Å². The highest BCUT2D eigenvalue weighted by atomic mass is 32.7. The minimum atomic E-state index is -3.25. The van der Waals surface area contributed by atoms with Crippen molar-refractivity contribution in [1.29, 1.82) is 0 Å². The van der Waals surface area contributed by atoms with Crippen molar-refractivity contribution in [1.82, 2.24) is 0 Å². The van der Waals surface area contributed by atoms with Crippen LogP contribution in [0.5, 0.6) is 0 Å². The van der Waals surface area contributed by atoms with Gasteiger partial charge in [0, 0.05) is 20.6 Å². The summed E-state index contributed by atoms with van der Waals surface area (Å²) >= 11 is 3.81. The fourth-order valence-corrected chi connectivity index (χ4v) is 2.57. The molecule has 2 unspecified atom stereocenters. The Hall–Kier alpha value is 0.420. The maximum atomic E-state index is 11.5. The predicted molar refractivity (Wildman–Crippen MR) is 59.3 cm³/mol. The van der Waals surface area contributed by atoms with Gasteiger partial charge in [0.1, 0.15) is 6.10 Å². The van der Waals surface area contributed by atoms with Gasteiger partial charge in [-0.25, -0.2) is 4.57 Å². The van der Waals surface area contributed by atoms with Crippen molar-refractivity contribution < 1.29 is 23.1 Å². The third kappa shape index (κ3) is 4.06. The largest absolute Gasteiger partial charge is 0.386 e. The number of hydrogen-bond acceptors (Lipinski definition) is 5. The Morgan fingerprint density at radius 1 is 1.53 bits per heavy atom. The van der Waals surface area contributed by atoms with Gasteiger partial charge in [-0.15, -0.1) is 0 Å². The first kappa shape index (κ1) is 13.5. The summed E-state index contributed by atoms with van der Waals surface area (Å²) in [7, 11) is 2.89. The highest BCUT2D eigenvalue weighted by molar-refractivity contribution is 8.44. The van der Waals surface area contributed by atoms with E-state index >= 15 is 0 Å². The molecule has 1 saturated heterocycles. The Kier molecular flexibility index (Phi) is 5.09. The first-order valence-electron chi connectivity index (χ1n) is 4.70. The summed E-state index contributed by atoms with van der Waals surface area (Å²) in [5.74, 6) is 0. The quantitative estimate of drug-likeness (QED) is 0.601. The van der Waals surface area contributed by atoms with Crippen LogP contribution in [-0.2, 0) is 23.1 Å². The molecule has 0 aromatic rings. The molecule has 0 aromatic heterocycles. The van der Waals surface area contributed by atoms with E-state index in [9.17, 15) is 4.57 Å². The van der Waals surface area contributed by atoms with Crippen molar-refractivity contribution in [2.75, 3.05) is 20.8 Å². The van der Waals surface area contributed by atoms with E-state index in [0.717, 1.165) is 0 Å². The van der Waals surface area contributed by atoms with Gasteiger partial charge in [0.2, 0.25) is 0 Å². The average molecular weight is 256 g/mol. The third-order valence-corrected chi connectivity index (χ3v) is 3.99. The minimum absolute atomic E-state index is 0.0698. The fourth-order valence-electron chi connectivity index (χ4n) is 1.56. The van der Waals surface area contributed by atoms with Crippen molar-refractivity contribution in [2.45, 2.75) is 31.7 Å². The van der Waals surface area contributed by atoms with Crippen LogP contribution in [-0.4, -0.2) is 39.1 Å². The molecule has 1 fully saturated rings. The number of ether oxygens (including phenoxy) is 2. The van der Waals surface area contributed by atoms with Crippen molar-refractivity contribution >= 4 is 19.0 Å². The minimum Gasteiger partial charge on any atom is -0.382 e. The molecule has 1 aliphatic rings. The van der Waals surface area contributed by atoms with Crippen LogP contribution >= 0.6 is 19.0 Å². The van der Waals surface area contributed by atoms with Crippen molar-refractivity contribution in [3.63, 3.8) is 0 Å². The normalized spacial score (nSPS) is 35.3. The molecule has 0 saturated carbocycles. The second kappa shape index (κ2) is 5.66. The van der Waals surface area contributed by atoms with Gasteiger partial charge in [0.05, 0.1) is 18.8 Å². The van der Waals surface area contributed by atoms with Gasteiger partial charge in [0.15, 0.2) is 0 Å². The third-order valence-electron chi connectivity index (χ3n) is 2.22. The molecule has 0 aromatic carbocycles. The van der Waals surface area contributed by atoms with Crippen LogP contribution < -0.4 is 0 Å². The Morgan fingerprint density at radius 2 is 2.20 bits per heavy atom. The van der Waals surface area contributed by atoms with Gasteiger partial charge < -0.3 is 14.0 Å². The van der Waals surface area contributed by atoms with Crippen LogP contribution in [0.3, 0.4) is 0 Å². The van der Waals surface area contributed by atoms with E-state index in [1.165, 1.54) is 7.11 Å². The van der Waals surface area contributed by atoms with Crippen LogP contribution in [0.15, 0.2) is 0 Å². The number of methoxy groups -OCH3 is 1. The maximum absolute atomic E-state index is 11.5. The van der Waals surface area contributed by atoms with Gasteiger partial charge in [-0.2, -0.15) is 0 Å². The Balaban J connectivity index is 2.55. The first-order valence-corrected chi connectivity index (χ1v) is 7.39. The summed E-state index contributed by atoms with van der Waals surface area (Å²) in [5.41, 5.74) is 0. The van der Waals surface area contributed by atoms with E-state index in [1.807, 2.05) is 6.92 Å². The van der Waals surface area contributed by atoms with Gasteiger partial charge >= 0.3 is 6.80 Å². The lowest BCUT2D eigenvalue weighted by atomic mass is 10.1. The molecule has 1 heterocycles. The summed E-state index contributed by atoms with van der Waals surface area (Å²) in [6, 6.07) is 0. The Morgan fingerprint density at radius 3 is 2.73 bits per heavy atom. The van der Waals surface area contributed by atoms with Crippen molar-refractivity contribution in [3.05, 3.63) is 0 Å². The van der Waals surface area contributed by atoms with Crippen molar-refractivity contribution in [3.8, 4) is 0 Å². The molecule has 7 heteroatoms. The molecular weight excluding hydrogens is 239 g/mol. The summed E-state index contributed by atoms with van der Waals surface area (Å²) < 4.78 is 32.0. The lowest BCUT2D eigenvalue weighted by molar-refractivity contribution is -0.0243. The second-order valence-electron chi connectivity index (χ2n) is 3.47. The number of rotatable bonds is 5. The Labute approximate surface area is 95.1 Å². The molecule has 0 spiro atoms. The van der Waals surface area contributed by atoms with Crippen LogP contribution in [0.2, 0.25) is 0 Å². The molecule has 0 N–H and O–H groups in total. The summed E-state index contributed by atoms with van der Waals surface area (Å²) in [5, 5.41) is 0. The highest BCUT2D eigenvalue weighted by Crippen LogP contribution is 2.54. The zero-order chi connectivity index (χ0) is 11.5. The molecule has 5 nitrogen and oxygen atoms in total. The van der Waals surface area contributed by atoms with E-state index in [1.54, 1.807) is 7.11 Å². The zero-order valence-corrected chi connectivity index (χ0v) is 10.9. The molecule has 0 aliphatic carbocycles. The molecule has 1 rings (SSSR count). The van der Waals surface area contributed by atoms with Gasteiger partial charge in [-0.1, -0.05) is 12.2 Å². The molecule has 0 amide bonds. The van der Waals surface area contributed by atoms with Crippen molar-refractivity contribution in [2.24, 2.45) is 0 Å². The lowest BCUT2D eigenvalue weighted by Crippen LogP contribution is -2.27. The monoisotopic (exact) mass is 256 g/mol. The van der Waals surface area contributed by atoms with E-state index in [4.69, 9.17) is 14.0 Å². The molecular formula is C8H17O5PS. The molecule has 0 bridgehead atoms. The smallest absolute Gasteiger partial charge is 0.382 e. The van der Waals surface area contributed by atoms with Crippen LogP contribution in [0.4, 0.5) is 0 Å². The van der Waals surface area contributed by atoms with E-state index < -0.39 is 6.80 Å². The van der Waals surface area contributed by atoms with Crippen LogP contribution in [0.25, 0.3) is 0 Å². The van der Waals surface area contributed by atoms with Gasteiger partial charge in [-0.3, -0.25) is 4.52 Å². The number of hydrogen-bond donors (Lipinski definition) is 1. The molecule has 1 aliphatic heterocycles. The van der Waals surface area contributed by atoms with E-state index in [2.05, 4.69) is 16.8 Å². The van der Waals surface area contributed by atoms with E-state index in [0.29, 0.717) is 13.0 Å². The fraction of sp³-hybridized carbons (Fsp3) is 1.00. The first-order chi connectivity index (χ1) is 6.98. The lowest BCUT2D eigenvalue weighted by Gasteiger charge is -2.20. The SMILES string of the molecule is COC[C@H]1O[C@@H](C)CC1OP(=O)(S)OC. The maximum Gasteiger partial charge on any atom is 0.386 e. The average Bonchev–Trinajstić information content (AvgIpc) is 2.47. The number of thiol groups is 1. The topological polar surface area (TPSA) is 54.0 Å².